The van der Waals surface area contributed by atoms with Crippen molar-refractivity contribution < 1.29 is 14.3 Å². The Bertz CT molecular complexity index is 296. The van der Waals surface area contributed by atoms with Gasteiger partial charge in [0.1, 0.15) is 0 Å². The number of ketones is 1. The number of Topliss-reactive ketones (excluding diaryl/α,β-unsaturated/α-hetero) is 1. The van der Waals surface area contributed by atoms with Crippen LogP contribution in [0.2, 0.25) is 0 Å². The van der Waals surface area contributed by atoms with Crippen molar-refractivity contribution in [2.45, 2.75) is 32.2 Å². The van der Waals surface area contributed by atoms with Crippen molar-refractivity contribution in [2.24, 2.45) is 5.11 Å². The van der Waals surface area contributed by atoms with E-state index in [0.29, 0.717) is 0 Å². The van der Waals surface area contributed by atoms with Gasteiger partial charge in [0.15, 0.2) is 17.2 Å². The molecule has 0 aliphatic carbocycles. The van der Waals surface area contributed by atoms with Crippen LogP contribution in [0.15, 0.2) is 5.11 Å². The molecule has 1 atom stereocenters. The summed E-state index contributed by atoms with van der Waals surface area (Å²) in [4.78, 5) is 14.1. The molecule has 1 aliphatic rings. The molecule has 1 rings (SSSR count). The molecule has 0 aromatic rings. The van der Waals surface area contributed by atoms with Gasteiger partial charge in [-0.15, -0.1) is 0 Å². The zero-order chi connectivity index (χ0) is 10.8. The van der Waals surface area contributed by atoms with Crippen molar-refractivity contribution in [3.63, 3.8) is 0 Å². The highest BCUT2D eigenvalue weighted by molar-refractivity contribution is 5.89. The molecule has 1 aliphatic heterocycles. The average Bonchev–Trinajstić information content (AvgIpc) is 2.38. The van der Waals surface area contributed by atoms with E-state index in [-0.39, 0.29) is 18.9 Å². The van der Waals surface area contributed by atoms with Crippen LogP contribution in [0, 0.1) is 0 Å². The number of carbonyl (C=O) groups excluding carboxylic acids is 1. The van der Waals surface area contributed by atoms with Gasteiger partial charge in [-0.05, 0) is 26.3 Å². The van der Waals surface area contributed by atoms with Crippen molar-refractivity contribution in [1.82, 2.24) is 0 Å². The van der Waals surface area contributed by atoms with Gasteiger partial charge in [-0.1, -0.05) is 5.11 Å². The number of carbonyl (C=O) groups is 1. The molecule has 0 amide bonds. The molecule has 0 unspecified atom stereocenters. The fourth-order valence-corrected chi connectivity index (χ4v) is 1.31. The van der Waals surface area contributed by atoms with Gasteiger partial charge in [0.25, 0.3) is 0 Å². The number of rotatable bonds is 3. The molecule has 1 heterocycles. The van der Waals surface area contributed by atoms with Gasteiger partial charge < -0.3 is 9.47 Å². The van der Waals surface area contributed by atoms with E-state index in [1.165, 1.54) is 0 Å². The lowest BCUT2D eigenvalue weighted by molar-refractivity contribution is -0.168. The van der Waals surface area contributed by atoms with Gasteiger partial charge in [-0.2, -0.15) is 0 Å². The van der Waals surface area contributed by atoms with Crippen LogP contribution in [-0.4, -0.2) is 30.3 Å². The van der Waals surface area contributed by atoms with E-state index >= 15 is 0 Å². The lowest BCUT2D eigenvalue weighted by atomic mass is 10.0. The molecule has 1 saturated heterocycles. The minimum atomic E-state index is -0.988. The number of nitrogens with zero attached hydrogens (tertiary/aromatic N) is 3. The summed E-state index contributed by atoms with van der Waals surface area (Å²) in [6.45, 7) is 5.10. The molecule has 0 spiro atoms. The van der Waals surface area contributed by atoms with Crippen molar-refractivity contribution in [1.29, 1.82) is 0 Å². The Balaban J connectivity index is 2.68. The Morgan fingerprint density at radius 3 is 2.64 bits per heavy atom. The van der Waals surface area contributed by atoms with Crippen LogP contribution >= 0.6 is 0 Å². The zero-order valence-electron chi connectivity index (χ0n) is 8.48. The summed E-state index contributed by atoms with van der Waals surface area (Å²) in [7, 11) is 0. The normalized spacial score (nSPS) is 29.6. The van der Waals surface area contributed by atoms with E-state index < -0.39 is 11.4 Å². The summed E-state index contributed by atoms with van der Waals surface area (Å²) in [6.07, 6.45) is 0. The van der Waals surface area contributed by atoms with Crippen LogP contribution in [0.4, 0.5) is 0 Å². The van der Waals surface area contributed by atoms with Crippen LogP contribution < -0.4 is 0 Å². The molecule has 6 heteroatoms. The third-order valence-corrected chi connectivity index (χ3v) is 2.03. The van der Waals surface area contributed by atoms with Crippen LogP contribution in [0.3, 0.4) is 0 Å². The SMILES string of the molecule is CC1(C)OC[C@@](C)(C(=O)CN=[N+]=[N-])O1. The first kappa shape index (κ1) is 11.0. The maximum Gasteiger partial charge on any atom is 0.172 e. The van der Waals surface area contributed by atoms with Crippen LogP contribution in [0.5, 0.6) is 0 Å². The first-order valence-corrected chi connectivity index (χ1v) is 4.28. The Morgan fingerprint density at radius 2 is 2.21 bits per heavy atom. The Kier molecular flexibility index (Phi) is 2.80. The van der Waals surface area contributed by atoms with Gasteiger partial charge in [-0.3, -0.25) is 4.79 Å². The van der Waals surface area contributed by atoms with Crippen LogP contribution in [0.25, 0.3) is 10.4 Å². The van der Waals surface area contributed by atoms with Gasteiger partial charge in [0.05, 0.1) is 13.2 Å². The Morgan fingerprint density at radius 1 is 1.57 bits per heavy atom. The molecule has 0 saturated carbocycles. The second-order valence-electron chi connectivity index (χ2n) is 3.83. The number of hydrogen-bond acceptors (Lipinski definition) is 4. The quantitative estimate of drug-likeness (QED) is 0.391. The highest BCUT2D eigenvalue weighted by atomic mass is 16.8. The first-order chi connectivity index (χ1) is 6.40. The predicted molar refractivity (Wildman–Crippen MR) is 48.5 cm³/mol. The standard InChI is InChI=1S/C8H13N3O3/c1-7(2)13-5-8(3,14-7)6(12)4-10-11-9/h4-5H2,1-3H3/t8-/m0/s1. The van der Waals surface area contributed by atoms with Gasteiger partial charge in [0, 0.05) is 4.91 Å². The molecule has 1 fully saturated rings. The first-order valence-electron chi connectivity index (χ1n) is 4.28. The van der Waals surface area contributed by atoms with Crippen molar-refractivity contribution in [3.8, 4) is 0 Å². The Hall–Kier alpha value is -1.10. The van der Waals surface area contributed by atoms with E-state index in [1.807, 2.05) is 0 Å². The van der Waals surface area contributed by atoms with E-state index in [2.05, 4.69) is 10.0 Å². The van der Waals surface area contributed by atoms with Gasteiger partial charge in [-0.25, -0.2) is 0 Å². The summed E-state index contributed by atoms with van der Waals surface area (Å²) in [6, 6.07) is 0. The lowest BCUT2D eigenvalue weighted by Gasteiger charge is -2.22. The van der Waals surface area contributed by atoms with E-state index in [0.717, 1.165) is 0 Å². The second-order valence-corrected chi connectivity index (χ2v) is 3.83. The third-order valence-electron chi connectivity index (χ3n) is 2.03. The number of azide groups is 1. The fraction of sp³-hybridized carbons (Fsp3) is 0.875. The summed E-state index contributed by atoms with van der Waals surface area (Å²) >= 11 is 0. The number of hydrogen-bond donors (Lipinski definition) is 0. The maximum absolute atomic E-state index is 11.5. The lowest BCUT2D eigenvalue weighted by Crippen LogP contribution is -2.41. The third kappa shape index (κ3) is 2.23. The second kappa shape index (κ2) is 3.57. The molecular weight excluding hydrogens is 186 g/mol. The molecule has 14 heavy (non-hydrogen) atoms. The fourth-order valence-electron chi connectivity index (χ4n) is 1.31. The molecule has 0 N–H and O–H groups in total. The largest absolute Gasteiger partial charge is 0.347 e. The molecular formula is C8H13N3O3. The number of ether oxygens (including phenoxy) is 2. The topological polar surface area (TPSA) is 84.3 Å². The van der Waals surface area contributed by atoms with Crippen molar-refractivity contribution in [3.05, 3.63) is 10.4 Å². The Labute approximate surface area is 81.8 Å². The summed E-state index contributed by atoms with van der Waals surface area (Å²) in [5.74, 6) is -1.01. The van der Waals surface area contributed by atoms with Gasteiger partial charge in [0.2, 0.25) is 0 Å². The monoisotopic (exact) mass is 199 g/mol. The smallest absolute Gasteiger partial charge is 0.172 e. The maximum atomic E-state index is 11.5. The van der Waals surface area contributed by atoms with Crippen molar-refractivity contribution in [2.75, 3.05) is 13.2 Å². The minimum absolute atomic E-state index is 0.194. The van der Waals surface area contributed by atoms with Crippen molar-refractivity contribution >= 4 is 5.78 Å². The molecule has 0 aromatic heterocycles. The van der Waals surface area contributed by atoms with E-state index in [9.17, 15) is 4.79 Å². The molecule has 0 bridgehead atoms. The predicted octanol–water partition coefficient (Wildman–Crippen LogP) is 1.41. The summed E-state index contributed by atoms with van der Waals surface area (Å²) in [5, 5.41) is 3.20. The molecule has 6 nitrogen and oxygen atoms in total. The van der Waals surface area contributed by atoms with E-state index in [4.69, 9.17) is 15.0 Å². The van der Waals surface area contributed by atoms with Crippen LogP contribution in [0.1, 0.15) is 20.8 Å². The summed E-state index contributed by atoms with van der Waals surface area (Å²) < 4.78 is 10.7. The van der Waals surface area contributed by atoms with Gasteiger partial charge >= 0.3 is 0 Å². The minimum Gasteiger partial charge on any atom is -0.347 e. The highest BCUT2D eigenvalue weighted by Crippen LogP contribution is 2.31. The molecule has 0 aromatic carbocycles. The molecule has 0 radical (unpaired) electrons. The average molecular weight is 199 g/mol. The highest BCUT2D eigenvalue weighted by Gasteiger charge is 2.46. The van der Waals surface area contributed by atoms with Crippen LogP contribution in [-0.2, 0) is 14.3 Å². The summed E-state index contributed by atoms with van der Waals surface area (Å²) in [5.41, 5.74) is 7.09. The molecule has 78 valence electrons. The zero-order valence-corrected chi connectivity index (χ0v) is 8.48. The van der Waals surface area contributed by atoms with E-state index in [1.54, 1.807) is 20.8 Å².